The lowest BCUT2D eigenvalue weighted by Gasteiger charge is -2.07. The highest BCUT2D eigenvalue weighted by atomic mass is 32.1. The van der Waals surface area contributed by atoms with Gasteiger partial charge in [0.2, 0.25) is 0 Å². The molecule has 0 saturated carbocycles. The van der Waals surface area contributed by atoms with E-state index in [4.69, 9.17) is 17.0 Å². The Balaban J connectivity index is 1.66. The number of hydrogen-bond donors (Lipinski definition) is 1. The molecule has 21 heavy (non-hydrogen) atoms. The number of aromatic amines is 1. The second-order valence-electron chi connectivity index (χ2n) is 4.98. The maximum atomic E-state index is 5.70. The zero-order valence-corrected chi connectivity index (χ0v) is 12.7. The molecule has 2 heterocycles. The van der Waals surface area contributed by atoms with Crippen molar-refractivity contribution in [3.05, 3.63) is 52.9 Å². The smallest absolute Gasteiger partial charge is 0.179 e. The first-order valence-electron chi connectivity index (χ1n) is 6.97. The van der Waals surface area contributed by atoms with Gasteiger partial charge in [0.15, 0.2) is 10.4 Å². The Labute approximate surface area is 128 Å². The summed E-state index contributed by atoms with van der Waals surface area (Å²) >= 11 is 5.37. The first-order chi connectivity index (χ1) is 10.2. The lowest BCUT2D eigenvalue weighted by molar-refractivity contribution is 0.302. The number of ether oxygens (including phenoxy) is 1. The van der Waals surface area contributed by atoms with Crippen molar-refractivity contribution in [3.63, 3.8) is 0 Å². The highest BCUT2D eigenvalue weighted by Gasteiger charge is 2.05. The van der Waals surface area contributed by atoms with Crippen LogP contribution in [0, 0.1) is 11.7 Å². The van der Waals surface area contributed by atoms with Crippen molar-refractivity contribution in [1.82, 2.24) is 14.5 Å². The summed E-state index contributed by atoms with van der Waals surface area (Å²) in [5, 5.41) is 0. The molecule has 0 saturated heterocycles. The summed E-state index contributed by atoms with van der Waals surface area (Å²) in [6, 6.07) is 11.9. The number of hydrogen-bond acceptors (Lipinski definition) is 3. The summed E-state index contributed by atoms with van der Waals surface area (Å²) in [4.78, 5) is 7.66. The molecule has 3 rings (SSSR count). The number of H-pyrrole nitrogens is 1. The summed E-state index contributed by atoms with van der Waals surface area (Å²) in [6.07, 6.45) is 2.74. The maximum Gasteiger partial charge on any atom is 0.179 e. The van der Waals surface area contributed by atoms with Gasteiger partial charge >= 0.3 is 0 Å². The molecule has 2 aromatic heterocycles. The number of para-hydroxylation sites is 1. The van der Waals surface area contributed by atoms with Crippen LogP contribution in [0.5, 0.6) is 5.75 Å². The fourth-order valence-corrected chi connectivity index (χ4v) is 2.57. The normalized spacial score (nSPS) is 10.9. The highest BCUT2D eigenvalue weighted by Crippen LogP contribution is 2.14. The SMILES string of the molecule is Cc1cnc2c(c1)[nH]c(=S)n2CCCOc1ccccc1. The summed E-state index contributed by atoms with van der Waals surface area (Å²) in [6.45, 7) is 3.47. The Kier molecular flexibility index (Phi) is 4.01. The molecule has 0 spiro atoms. The lowest BCUT2D eigenvalue weighted by Crippen LogP contribution is -2.05. The molecular formula is C16H17N3OS. The van der Waals surface area contributed by atoms with Gasteiger partial charge in [-0.2, -0.15) is 0 Å². The second-order valence-corrected chi connectivity index (χ2v) is 5.37. The molecule has 1 aromatic carbocycles. The van der Waals surface area contributed by atoms with Gasteiger partial charge in [0, 0.05) is 12.7 Å². The number of nitrogens with one attached hydrogen (secondary N) is 1. The van der Waals surface area contributed by atoms with Gasteiger partial charge in [0.1, 0.15) is 5.75 Å². The molecule has 108 valence electrons. The van der Waals surface area contributed by atoms with Crippen LogP contribution >= 0.6 is 12.2 Å². The molecule has 1 N–H and O–H groups in total. The van der Waals surface area contributed by atoms with Gasteiger partial charge in [-0.25, -0.2) is 4.98 Å². The fourth-order valence-electron chi connectivity index (χ4n) is 2.28. The summed E-state index contributed by atoms with van der Waals surface area (Å²) in [7, 11) is 0. The number of fused-ring (bicyclic) bond motifs is 1. The number of aromatic nitrogens is 3. The molecule has 5 heteroatoms. The Bertz CT molecular complexity index is 792. The van der Waals surface area contributed by atoms with E-state index in [-0.39, 0.29) is 0 Å². The average Bonchev–Trinajstić information content (AvgIpc) is 2.79. The van der Waals surface area contributed by atoms with Crippen molar-refractivity contribution in [2.75, 3.05) is 6.61 Å². The van der Waals surface area contributed by atoms with Crippen LogP contribution in [-0.2, 0) is 6.54 Å². The molecule has 0 radical (unpaired) electrons. The van der Waals surface area contributed by atoms with Gasteiger partial charge in [-0.1, -0.05) is 18.2 Å². The zero-order valence-electron chi connectivity index (χ0n) is 11.9. The quantitative estimate of drug-likeness (QED) is 0.574. The maximum absolute atomic E-state index is 5.70. The van der Waals surface area contributed by atoms with E-state index in [2.05, 4.69) is 16.0 Å². The number of aryl methyl sites for hydroxylation is 2. The van der Waals surface area contributed by atoms with E-state index in [1.807, 2.05) is 48.0 Å². The van der Waals surface area contributed by atoms with Crippen molar-refractivity contribution >= 4 is 23.4 Å². The molecule has 3 aromatic rings. The van der Waals surface area contributed by atoms with Gasteiger partial charge in [-0.15, -0.1) is 0 Å². The minimum atomic E-state index is 0.657. The topological polar surface area (TPSA) is 42.8 Å². The van der Waals surface area contributed by atoms with Crippen molar-refractivity contribution < 1.29 is 4.74 Å². The van der Waals surface area contributed by atoms with Crippen LogP contribution in [0.25, 0.3) is 11.2 Å². The third-order valence-corrected chi connectivity index (χ3v) is 3.61. The first-order valence-corrected chi connectivity index (χ1v) is 7.38. The molecule has 0 aliphatic rings. The Morgan fingerprint density at radius 3 is 2.90 bits per heavy atom. The molecule has 0 aliphatic heterocycles. The van der Waals surface area contributed by atoms with Crippen LogP contribution in [-0.4, -0.2) is 21.1 Å². The van der Waals surface area contributed by atoms with Crippen LogP contribution in [0.3, 0.4) is 0 Å². The van der Waals surface area contributed by atoms with Gasteiger partial charge in [-0.05, 0) is 49.3 Å². The lowest BCUT2D eigenvalue weighted by atomic mass is 10.3. The Hall–Kier alpha value is -2.14. The van der Waals surface area contributed by atoms with Crippen molar-refractivity contribution in [2.24, 2.45) is 0 Å². The number of benzene rings is 1. The van der Waals surface area contributed by atoms with E-state index in [1.54, 1.807) is 0 Å². The predicted molar refractivity (Wildman–Crippen MR) is 86.2 cm³/mol. The van der Waals surface area contributed by atoms with E-state index >= 15 is 0 Å². The molecule has 0 bridgehead atoms. The standard InChI is InChI=1S/C16H17N3OS/c1-12-10-14-15(17-11-12)19(16(21)18-14)8-5-9-20-13-6-3-2-4-7-13/h2-4,6-7,10-11H,5,8-9H2,1H3,(H,18,21). The Morgan fingerprint density at radius 2 is 2.10 bits per heavy atom. The number of nitrogens with zero attached hydrogens (tertiary/aromatic N) is 2. The fraction of sp³-hybridized carbons (Fsp3) is 0.250. The van der Waals surface area contributed by atoms with Crippen molar-refractivity contribution in [1.29, 1.82) is 0 Å². The third-order valence-electron chi connectivity index (χ3n) is 3.28. The van der Waals surface area contributed by atoms with E-state index < -0.39 is 0 Å². The molecular weight excluding hydrogens is 282 g/mol. The van der Waals surface area contributed by atoms with E-state index in [0.29, 0.717) is 11.4 Å². The molecule has 0 fully saturated rings. The van der Waals surface area contributed by atoms with Crippen molar-refractivity contribution in [3.8, 4) is 5.75 Å². The largest absolute Gasteiger partial charge is 0.494 e. The van der Waals surface area contributed by atoms with Crippen LogP contribution in [0.4, 0.5) is 0 Å². The number of rotatable bonds is 5. The third kappa shape index (κ3) is 3.13. The monoisotopic (exact) mass is 299 g/mol. The van der Waals surface area contributed by atoms with Crippen LogP contribution in [0.1, 0.15) is 12.0 Å². The molecule has 4 nitrogen and oxygen atoms in total. The first kappa shape index (κ1) is 13.8. The van der Waals surface area contributed by atoms with Crippen LogP contribution in [0.2, 0.25) is 0 Å². The van der Waals surface area contributed by atoms with Crippen LogP contribution in [0.15, 0.2) is 42.6 Å². The number of pyridine rings is 1. The van der Waals surface area contributed by atoms with Gasteiger partial charge < -0.3 is 14.3 Å². The minimum absolute atomic E-state index is 0.657. The molecule has 0 unspecified atom stereocenters. The van der Waals surface area contributed by atoms with Gasteiger partial charge in [-0.3, -0.25) is 0 Å². The van der Waals surface area contributed by atoms with Crippen LogP contribution < -0.4 is 4.74 Å². The predicted octanol–water partition coefficient (Wildman–Crippen LogP) is 3.87. The molecule has 0 amide bonds. The Morgan fingerprint density at radius 1 is 1.29 bits per heavy atom. The van der Waals surface area contributed by atoms with E-state index in [9.17, 15) is 0 Å². The molecule has 0 aliphatic carbocycles. The summed E-state index contributed by atoms with van der Waals surface area (Å²) in [5.41, 5.74) is 3.02. The molecule has 0 atom stereocenters. The average molecular weight is 299 g/mol. The zero-order chi connectivity index (χ0) is 14.7. The second kappa shape index (κ2) is 6.10. The number of imidazole rings is 1. The van der Waals surface area contributed by atoms with Crippen molar-refractivity contribution in [2.45, 2.75) is 19.9 Å². The highest BCUT2D eigenvalue weighted by molar-refractivity contribution is 7.71. The van der Waals surface area contributed by atoms with E-state index in [0.717, 1.165) is 35.4 Å². The van der Waals surface area contributed by atoms with Gasteiger partial charge in [0.25, 0.3) is 0 Å². The summed E-state index contributed by atoms with van der Waals surface area (Å²) in [5.74, 6) is 0.897. The van der Waals surface area contributed by atoms with E-state index in [1.165, 1.54) is 0 Å². The minimum Gasteiger partial charge on any atom is -0.494 e. The summed E-state index contributed by atoms with van der Waals surface area (Å²) < 4.78 is 8.43. The van der Waals surface area contributed by atoms with Gasteiger partial charge in [0.05, 0.1) is 12.1 Å².